The van der Waals surface area contributed by atoms with Gasteiger partial charge >= 0.3 is 0 Å². The molecule has 0 bridgehead atoms. The lowest BCUT2D eigenvalue weighted by atomic mass is 9.88. The van der Waals surface area contributed by atoms with Gasteiger partial charge in [0.1, 0.15) is 0 Å². The maximum Gasteiger partial charge on any atom is 0.220 e. The second-order valence-electron chi connectivity index (χ2n) is 6.36. The predicted molar refractivity (Wildman–Crippen MR) is 79.0 cm³/mol. The van der Waals surface area contributed by atoms with Crippen LogP contribution in [0.2, 0.25) is 0 Å². The van der Waals surface area contributed by atoms with E-state index >= 15 is 0 Å². The SMILES string of the molecule is CCC1CCCNC1CNC(=O)CCC1CCCC1. The third kappa shape index (κ3) is 4.79. The summed E-state index contributed by atoms with van der Waals surface area (Å²) in [5.41, 5.74) is 0. The van der Waals surface area contributed by atoms with Crippen LogP contribution in [0.3, 0.4) is 0 Å². The molecule has 0 aromatic heterocycles. The Hall–Kier alpha value is -0.570. The van der Waals surface area contributed by atoms with Crippen molar-refractivity contribution >= 4 is 5.91 Å². The first-order chi connectivity index (χ1) is 9.29. The molecule has 3 heteroatoms. The summed E-state index contributed by atoms with van der Waals surface area (Å²) in [5.74, 6) is 1.82. The molecule has 0 aromatic rings. The smallest absolute Gasteiger partial charge is 0.220 e. The highest BCUT2D eigenvalue weighted by Crippen LogP contribution is 2.28. The minimum absolute atomic E-state index is 0.258. The van der Waals surface area contributed by atoms with E-state index in [0.29, 0.717) is 6.04 Å². The molecule has 0 spiro atoms. The van der Waals surface area contributed by atoms with Gasteiger partial charge < -0.3 is 10.6 Å². The van der Waals surface area contributed by atoms with Crippen LogP contribution in [0.25, 0.3) is 0 Å². The van der Waals surface area contributed by atoms with Gasteiger partial charge in [-0.15, -0.1) is 0 Å². The third-order valence-corrected chi connectivity index (χ3v) is 5.03. The fraction of sp³-hybridized carbons (Fsp3) is 0.938. The van der Waals surface area contributed by atoms with Crippen molar-refractivity contribution in [2.24, 2.45) is 11.8 Å². The summed E-state index contributed by atoms with van der Waals surface area (Å²) < 4.78 is 0. The van der Waals surface area contributed by atoms with Gasteiger partial charge in [-0.05, 0) is 37.6 Å². The Balaban J connectivity index is 1.61. The van der Waals surface area contributed by atoms with Crippen LogP contribution in [0.5, 0.6) is 0 Å². The number of carbonyl (C=O) groups is 1. The highest BCUT2D eigenvalue weighted by Gasteiger charge is 2.23. The molecular formula is C16H30N2O. The van der Waals surface area contributed by atoms with E-state index < -0.39 is 0 Å². The lowest BCUT2D eigenvalue weighted by Gasteiger charge is -2.32. The summed E-state index contributed by atoms with van der Waals surface area (Å²) in [7, 11) is 0. The maximum absolute atomic E-state index is 11.9. The van der Waals surface area contributed by atoms with Crippen LogP contribution in [-0.2, 0) is 4.79 Å². The average molecular weight is 266 g/mol. The lowest BCUT2D eigenvalue weighted by Crippen LogP contribution is -2.48. The molecule has 0 radical (unpaired) electrons. The molecule has 1 heterocycles. The van der Waals surface area contributed by atoms with E-state index in [-0.39, 0.29) is 5.91 Å². The first-order valence-corrected chi connectivity index (χ1v) is 8.29. The molecule has 2 atom stereocenters. The second-order valence-corrected chi connectivity index (χ2v) is 6.36. The van der Waals surface area contributed by atoms with Crippen LogP contribution in [0.1, 0.15) is 64.7 Å². The molecule has 0 aromatic carbocycles. The number of amides is 1. The molecule has 1 aliphatic carbocycles. The van der Waals surface area contributed by atoms with Crippen LogP contribution in [0.4, 0.5) is 0 Å². The van der Waals surface area contributed by atoms with Crippen molar-refractivity contribution in [2.45, 2.75) is 70.8 Å². The monoisotopic (exact) mass is 266 g/mol. The average Bonchev–Trinajstić information content (AvgIpc) is 2.96. The van der Waals surface area contributed by atoms with Gasteiger partial charge in [-0.2, -0.15) is 0 Å². The van der Waals surface area contributed by atoms with Crippen molar-refractivity contribution in [3.05, 3.63) is 0 Å². The highest BCUT2D eigenvalue weighted by molar-refractivity contribution is 5.75. The minimum Gasteiger partial charge on any atom is -0.355 e. The van der Waals surface area contributed by atoms with Crippen LogP contribution in [-0.4, -0.2) is 25.0 Å². The van der Waals surface area contributed by atoms with Crippen molar-refractivity contribution in [1.29, 1.82) is 0 Å². The van der Waals surface area contributed by atoms with Gasteiger partial charge in [0, 0.05) is 19.0 Å². The number of hydrogen-bond acceptors (Lipinski definition) is 2. The van der Waals surface area contributed by atoms with Gasteiger partial charge in [0.25, 0.3) is 0 Å². The largest absolute Gasteiger partial charge is 0.355 e. The zero-order chi connectivity index (χ0) is 13.5. The van der Waals surface area contributed by atoms with Gasteiger partial charge in [0.2, 0.25) is 5.91 Å². The standard InChI is InChI=1S/C16H30N2O/c1-2-14-8-5-11-17-15(14)12-18-16(19)10-9-13-6-3-4-7-13/h13-15,17H,2-12H2,1H3,(H,18,19). The van der Waals surface area contributed by atoms with Crippen LogP contribution >= 0.6 is 0 Å². The van der Waals surface area contributed by atoms with E-state index in [1.807, 2.05) is 0 Å². The van der Waals surface area contributed by atoms with E-state index in [0.717, 1.165) is 37.8 Å². The zero-order valence-corrected chi connectivity index (χ0v) is 12.4. The van der Waals surface area contributed by atoms with E-state index in [1.54, 1.807) is 0 Å². The van der Waals surface area contributed by atoms with Crippen molar-refractivity contribution < 1.29 is 4.79 Å². The van der Waals surface area contributed by atoms with Crippen molar-refractivity contribution in [3.8, 4) is 0 Å². The molecular weight excluding hydrogens is 236 g/mol. The summed E-state index contributed by atoms with van der Waals surface area (Å²) in [6.45, 7) is 4.19. The Bertz CT molecular complexity index is 274. The molecule has 2 aliphatic rings. The highest BCUT2D eigenvalue weighted by atomic mass is 16.1. The first-order valence-electron chi connectivity index (χ1n) is 8.29. The van der Waals surface area contributed by atoms with Crippen molar-refractivity contribution in [3.63, 3.8) is 0 Å². The molecule has 110 valence electrons. The van der Waals surface area contributed by atoms with Gasteiger partial charge in [0.15, 0.2) is 0 Å². The minimum atomic E-state index is 0.258. The Labute approximate surface area is 117 Å². The summed E-state index contributed by atoms with van der Waals surface area (Å²) >= 11 is 0. The van der Waals surface area contributed by atoms with Gasteiger partial charge in [-0.1, -0.05) is 39.0 Å². The van der Waals surface area contributed by atoms with Crippen molar-refractivity contribution in [1.82, 2.24) is 10.6 Å². The van der Waals surface area contributed by atoms with E-state index in [1.165, 1.54) is 44.9 Å². The molecule has 3 nitrogen and oxygen atoms in total. The van der Waals surface area contributed by atoms with Crippen LogP contribution < -0.4 is 10.6 Å². The van der Waals surface area contributed by atoms with E-state index in [2.05, 4.69) is 17.6 Å². The summed E-state index contributed by atoms with van der Waals surface area (Å²) in [6.07, 6.45) is 11.1. The van der Waals surface area contributed by atoms with Gasteiger partial charge in [-0.25, -0.2) is 0 Å². The fourth-order valence-electron chi connectivity index (χ4n) is 3.69. The first kappa shape index (κ1) is 14.8. The zero-order valence-electron chi connectivity index (χ0n) is 12.4. The number of carbonyl (C=O) groups excluding carboxylic acids is 1. The molecule has 2 N–H and O–H groups in total. The van der Waals surface area contributed by atoms with E-state index in [4.69, 9.17) is 0 Å². The number of hydrogen-bond donors (Lipinski definition) is 2. The van der Waals surface area contributed by atoms with Gasteiger partial charge in [-0.3, -0.25) is 4.79 Å². The molecule has 1 saturated heterocycles. The van der Waals surface area contributed by atoms with Crippen LogP contribution in [0, 0.1) is 11.8 Å². The normalized spacial score (nSPS) is 28.5. The third-order valence-electron chi connectivity index (χ3n) is 5.03. The molecule has 1 saturated carbocycles. The molecule has 2 unspecified atom stereocenters. The Kier molecular flexibility index (Phi) is 6.15. The Morgan fingerprint density at radius 3 is 2.74 bits per heavy atom. The lowest BCUT2D eigenvalue weighted by molar-refractivity contribution is -0.121. The predicted octanol–water partition coefficient (Wildman–Crippen LogP) is 2.85. The second kappa shape index (κ2) is 7.88. The Morgan fingerprint density at radius 2 is 2.00 bits per heavy atom. The maximum atomic E-state index is 11.9. The van der Waals surface area contributed by atoms with Gasteiger partial charge in [0.05, 0.1) is 0 Å². The number of rotatable bonds is 6. The summed E-state index contributed by atoms with van der Waals surface area (Å²) in [6, 6.07) is 0.495. The molecule has 2 fully saturated rings. The number of nitrogens with one attached hydrogen (secondary N) is 2. The Morgan fingerprint density at radius 1 is 1.21 bits per heavy atom. The van der Waals surface area contributed by atoms with Crippen molar-refractivity contribution in [2.75, 3.05) is 13.1 Å². The summed E-state index contributed by atoms with van der Waals surface area (Å²) in [4.78, 5) is 11.9. The topological polar surface area (TPSA) is 41.1 Å². The molecule has 1 amide bonds. The molecule has 2 rings (SSSR count). The number of piperidine rings is 1. The molecule has 1 aliphatic heterocycles. The summed E-state index contributed by atoms with van der Waals surface area (Å²) in [5, 5.41) is 6.70. The van der Waals surface area contributed by atoms with Crippen LogP contribution in [0.15, 0.2) is 0 Å². The van der Waals surface area contributed by atoms with E-state index in [9.17, 15) is 4.79 Å². The quantitative estimate of drug-likeness (QED) is 0.776. The molecule has 19 heavy (non-hydrogen) atoms. The fourth-order valence-corrected chi connectivity index (χ4v) is 3.69.